The Balaban J connectivity index is 1.75. The van der Waals surface area contributed by atoms with Gasteiger partial charge < -0.3 is 19.8 Å². The lowest BCUT2D eigenvalue weighted by molar-refractivity contribution is -0.164. The molecule has 1 atom stereocenters. The number of esters is 2. The molecule has 0 amide bonds. The van der Waals surface area contributed by atoms with Gasteiger partial charge in [0.15, 0.2) is 0 Å². The Kier molecular flexibility index (Phi) is 6.91. The maximum Gasteiger partial charge on any atom is 0.333 e. The van der Waals surface area contributed by atoms with Gasteiger partial charge in [0.2, 0.25) is 6.79 Å². The Morgan fingerprint density at radius 1 is 1.28 bits per heavy atom. The van der Waals surface area contributed by atoms with E-state index in [-0.39, 0.29) is 12.5 Å². The minimum absolute atomic E-state index is 0.0822. The van der Waals surface area contributed by atoms with Crippen molar-refractivity contribution in [1.82, 2.24) is 9.55 Å². The lowest BCUT2D eigenvalue weighted by atomic mass is 10.1. The molecular weight excluding hydrogens is 322 g/mol. The third-order valence-electron chi connectivity index (χ3n) is 3.23. The van der Waals surface area contributed by atoms with Crippen molar-refractivity contribution < 1.29 is 19.1 Å². The Bertz CT molecular complexity index is 706. The molecule has 0 radical (unpaired) electrons. The maximum absolute atomic E-state index is 11.6. The van der Waals surface area contributed by atoms with Gasteiger partial charge in [-0.05, 0) is 24.1 Å². The Hall–Kier alpha value is -2.93. The normalized spacial score (nSPS) is 12.1. The van der Waals surface area contributed by atoms with Crippen LogP contribution < -0.4 is 5.73 Å². The highest BCUT2D eigenvalue weighted by Gasteiger charge is 2.07. The van der Waals surface area contributed by atoms with Crippen LogP contribution in [0.1, 0.15) is 24.5 Å². The summed E-state index contributed by atoms with van der Waals surface area (Å²) in [5, 5.41) is 0. The summed E-state index contributed by atoms with van der Waals surface area (Å²) in [7, 11) is 0. The second kappa shape index (κ2) is 9.39. The van der Waals surface area contributed by atoms with E-state index in [1.54, 1.807) is 25.5 Å². The SMILES string of the molecule is CC(N)CC(=O)OCOC(=O)/C=C/c1ccc(Cn2ccnc2)cc1. The molecule has 0 saturated carbocycles. The lowest BCUT2D eigenvalue weighted by Crippen LogP contribution is -2.22. The molecule has 0 bridgehead atoms. The summed E-state index contributed by atoms with van der Waals surface area (Å²) >= 11 is 0. The van der Waals surface area contributed by atoms with E-state index in [0.717, 1.165) is 17.7 Å². The first-order chi connectivity index (χ1) is 12.0. The van der Waals surface area contributed by atoms with E-state index in [2.05, 4.69) is 4.98 Å². The van der Waals surface area contributed by atoms with Crippen molar-refractivity contribution in [3.63, 3.8) is 0 Å². The highest BCUT2D eigenvalue weighted by atomic mass is 16.7. The number of ether oxygens (including phenoxy) is 2. The van der Waals surface area contributed by atoms with Gasteiger partial charge in [0.1, 0.15) is 0 Å². The molecule has 0 aliphatic heterocycles. The minimum Gasteiger partial charge on any atom is -0.428 e. The van der Waals surface area contributed by atoms with E-state index in [1.807, 2.05) is 35.0 Å². The van der Waals surface area contributed by atoms with E-state index in [4.69, 9.17) is 15.2 Å². The molecule has 0 aliphatic rings. The van der Waals surface area contributed by atoms with Crippen molar-refractivity contribution in [2.24, 2.45) is 5.73 Å². The van der Waals surface area contributed by atoms with Gasteiger partial charge in [-0.2, -0.15) is 0 Å². The zero-order chi connectivity index (χ0) is 18.1. The lowest BCUT2D eigenvalue weighted by Gasteiger charge is -2.06. The number of rotatable bonds is 8. The molecule has 1 heterocycles. The van der Waals surface area contributed by atoms with E-state index < -0.39 is 18.7 Å². The van der Waals surface area contributed by atoms with Gasteiger partial charge in [0.25, 0.3) is 0 Å². The van der Waals surface area contributed by atoms with Crippen molar-refractivity contribution in [3.8, 4) is 0 Å². The first-order valence-corrected chi connectivity index (χ1v) is 7.83. The maximum atomic E-state index is 11.6. The van der Waals surface area contributed by atoms with Crippen LogP contribution in [-0.4, -0.2) is 34.3 Å². The summed E-state index contributed by atoms with van der Waals surface area (Å²) in [4.78, 5) is 26.8. The van der Waals surface area contributed by atoms with E-state index >= 15 is 0 Å². The predicted octanol–water partition coefficient (Wildman–Crippen LogP) is 1.73. The molecule has 132 valence electrons. The largest absolute Gasteiger partial charge is 0.428 e. The van der Waals surface area contributed by atoms with Crippen molar-refractivity contribution in [1.29, 1.82) is 0 Å². The average Bonchev–Trinajstić information content (AvgIpc) is 3.06. The van der Waals surface area contributed by atoms with Crippen molar-refractivity contribution >= 4 is 18.0 Å². The number of benzene rings is 1. The summed E-state index contributed by atoms with van der Waals surface area (Å²) in [5.74, 6) is -1.09. The molecule has 1 aromatic heterocycles. The molecule has 7 nitrogen and oxygen atoms in total. The van der Waals surface area contributed by atoms with Gasteiger partial charge in [-0.25, -0.2) is 9.78 Å². The topological polar surface area (TPSA) is 96.4 Å². The van der Waals surface area contributed by atoms with Gasteiger partial charge >= 0.3 is 11.9 Å². The number of nitrogens with zero attached hydrogens (tertiary/aromatic N) is 2. The molecule has 2 rings (SSSR count). The molecule has 25 heavy (non-hydrogen) atoms. The molecule has 7 heteroatoms. The summed E-state index contributed by atoms with van der Waals surface area (Å²) in [5.41, 5.74) is 7.45. The van der Waals surface area contributed by atoms with Crippen LogP contribution in [0, 0.1) is 0 Å². The number of carbonyl (C=O) groups is 2. The van der Waals surface area contributed by atoms with Gasteiger partial charge in [-0.15, -0.1) is 0 Å². The van der Waals surface area contributed by atoms with Gasteiger partial charge in [0, 0.05) is 31.1 Å². The van der Waals surface area contributed by atoms with Crippen LogP contribution in [0.2, 0.25) is 0 Å². The smallest absolute Gasteiger partial charge is 0.333 e. The second-order valence-corrected chi connectivity index (χ2v) is 5.59. The van der Waals surface area contributed by atoms with Crippen LogP contribution in [-0.2, 0) is 25.6 Å². The highest BCUT2D eigenvalue weighted by Crippen LogP contribution is 2.08. The zero-order valence-corrected chi connectivity index (χ0v) is 14.0. The summed E-state index contributed by atoms with van der Waals surface area (Å²) in [6, 6.07) is 7.46. The summed E-state index contributed by atoms with van der Waals surface area (Å²) < 4.78 is 11.5. The molecule has 0 spiro atoms. The number of hydrogen-bond donors (Lipinski definition) is 1. The monoisotopic (exact) mass is 343 g/mol. The van der Waals surface area contributed by atoms with E-state index in [9.17, 15) is 9.59 Å². The predicted molar refractivity (Wildman–Crippen MR) is 92.1 cm³/mol. The molecular formula is C18H21N3O4. The van der Waals surface area contributed by atoms with Crippen molar-refractivity contribution in [2.45, 2.75) is 25.9 Å². The van der Waals surface area contributed by atoms with Gasteiger partial charge in [-0.3, -0.25) is 4.79 Å². The quantitative estimate of drug-likeness (QED) is 0.445. The van der Waals surface area contributed by atoms with Crippen LogP contribution in [0.3, 0.4) is 0 Å². The summed E-state index contributed by atoms with van der Waals surface area (Å²) in [6.45, 7) is 2.01. The van der Waals surface area contributed by atoms with E-state index in [0.29, 0.717) is 0 Å². The molecule has 1 aromatic carbocycles. The fourth-order valence-corrected chi connectivity index (χ4v) is 2.01. The molecule has 2 N–H and O–H groups in total. The van der Waals surface area contributed by atoms with Crippen LogP contribution in [0.4, 0.5) is 0 Å². The number of carbonyl (C=O) groups excluding carboxylic acids is 2. The van der Waals surface area contributed by atoms with Crippen molar-refractivity contribution in [3.05, 3.63) is 60.2 Å². The number of imidazole rings is 1. The van der Waals surface area contributed by atoms with Crippen LogP contribution >= 0.6 is 0 Å². The molecule has 1 unspecified atom stereocenters. The van der Waals surface area contributed by atoms with Crippen LogP contribution in [0.15, 0.2) is 49.1 Å². The first kappa shape index (κ1) is 18.4. The van der Waals surface area contributed by atoms with E-state index in [1.165, 1.54) is 6.08 Å². The zero-order valence-electron chi connectivity index (χ0n) is 14.0. The third-order valence-corrected chi connectivity index (χ3v) is 3.23. The Labute approximate surface area is 146 Å². The van der Waals surface area contributed by atoms with Gasteiger partial charge in [-0.1, -0.05) is 24.3 Å². The standard InChI is InChI=1S/C18H21N3O4/c1-14(19)10-18(23)25-13-24-17(22)7-6-15-2-4-16(5-3-15)11-21-9-8-20-12-21/h2-9,12,14H,10-11,13,19H2,1H3/b7-6+. The van der Waals surface area contributed by atoms with Crippen molar-refractivity contribution in [2.75, 3.05) is 6.79 Å². The number of hydrogen-bond acceptors (Lipinski definition) is 6. The highest BCUT2D eigenvalue weighted by molar-refractivity contribution is 5.87. The number of aromatic nitrogens is 2. The third kappa shape index (κ3) is 7.01. The second-order valence-electron chi connectivity index (χ2n) is 5.59. The average molecular weight is 343 g/mol. The van der Waals surface area contributed by atoms with Crippen LogP contribution in [0.25, 0.3) is 6.08 Å². The first-order valence-electron chi connectivity index (χ1n) is 7.83. The fourth-order valence-electron chi connectivity index (χ4n) is 2.01. The van der Waals surface area contributed by atoms with Gasteiger partial charge in [0.05, 0.1) is 12.7 Å². The molecule has 0 aliphatic carbocycles. The molecule has 0 saturated heterocycles. The Morgan fingerprint density at radius 3 is 2.68 bits per heavy atom. The Morgan fingerprint density at radius 2 is 2.04 bits per heavy atom. The fraction of sp³-hybridized carbons (Fsp3) is 0.278. The molecule has 0 fully saturated rings. The summed E-state index contributed by atoms with van der Waals surface area (Å²) in [6.07, 6.45) is 8.38. The molecule has 2 aromatic rings. The number of nitrogens with two attached hydrogens (primary N) is 1. The van der Waals surface area contributed by atoms with Crippen LogP contribution in [0.5, 0.6) is 0 Å². The minimum atomic E-state index is -0.587.